The van der Waals surface area contributed by atoms with Crippen molar-refractivity contribution in [2.45, 2.75) is 13.3 Å². The van der Waals surface area contributed by atoms with Crippen LogP contribution in [-0.4, -0.2) is 4.61 Å². The van der Waals surface area contributed by atoms with E-state index in [0.717, 1.165) is 0 Å². The molecule has 0 saturated carbocycles. The first kappa shape index (κ1) is 5.45. The predicted octanol–water partition coefficient (Wildman–Crippen LogP) is 0.155. The van der Waals surface area contributed by atoms with Crippen LogP contribution in [0.15, 0.2) is 0 Å². The minimum atomic E-state index is -0.536. The SMILES string of the molecule is CC[CH]=[Zn][NH2]. The van der Waals surface area contributed by atoms with E-state index in [1.807, 2.05) is 0 Å². The Hall–Kier alpha value is 0.453. The van der Waals surface area contributed by atoms with Crippen LogP contribution in [0.25, 0.3) is 0 Å². The number of rotatable bonds is 1. The summed E-state index contributed by atoms with van der Waals surface area (Å²) in [5.74, 6) is 0. The third kappa shape index (κ3) is 4.45. The summed E-state index contributed by atoms with van der Waals surface area (Å²) in [4.78, 5) is 0. The normalized spacial score (nSPS) is 8.40. The maximum atomic E-state index is 5.27. The first-order valence-electron chi connectivity index (χ1n) is 1.93. The van der Waals surface area contributed by atoms with Gasteiger partial charge in [0.2, 0.25) is 0 Å². The Morgan fingerprint density at radius 1 is 2.00 bits per heavy atom. The molecule has 0 heterocycles. The molecule has 27 valence electrons. The number of hydrogen-bond donors (Lipinski definition) is 1. The molecule has 0 spiro atoms. The van der Waals surface area contributed by atoms with Gasteiger partial charge in [-0.15, -0.1) is 0 Å². The molecule has 0 amide bonds. The fourth-order valence-electron chi connectivity index (χ4n) is 0.167. The van der Waals surface area contributed by atoms with Crippen LogP contribution in [0.4, 0.5) is 0 Å². The summed E-state index contributed by atoms with van der Waals surface area (Å²) in [6.07, 6.45) is 1.18. The van der Waals surface area contributed by atoms with E-state index in [1.165, 1.54) is 6.42 Å². The molecule has 0 fully saturated rings. The molecule has 2 heteroatoms. The average molecular weight is 123 g/mol. The predicted molar refractivity (Wildman–Crippen MR) is 20.5 cm³/mol. The summed E-state index contributed by atoms with van der Waals surface area (Å²) in [5, 5.41) is 0. The van der Waals surface area contributed by atoms with Crippen LogP contribution in [-0.2, 0) is 16.9 Å². The fraction of sp³-hybridized carbons (Fsp3) is 0.667. The fourth-order valence-corrected chi connectivity index (χ4v) is 0.866. The summed E-state index contributed by atoms with van der Waals surface area (Å²) in [6.45, 7) is 2.12. The van der Waals surface area contributed by atoms with Crippen molar-refractivity contribution in [1.82, 2.24) is 0 Å². The van der Waals surface area contributed by atoms with Gasteiger partial charge in [0, 0.05) is 0 Å². The first-order valence-corrected chi connectivity index (χ1v) is 5.36. The van der Waals surface area contributed by atoms with Crippen molar-refractivity contribution < 1.29 is 16.9 Å². The van der Waals surface area contributed by atoms with Gasteiger partial charge in [0.05, 0.1) is 0 Å². The van der Waals surface area contributed by atoms with Crippen LogP contribution in [0, 0.1) is 0 Å². The third-order valence-electron chi connectivity index (χ3n) is 0.455. The zero-order valence-electron chi connectivity index (χ0n) is 3.57. The molecule has 0 aromatic rings. The van der Waals surface area contributed by atoms with E-state index in [-0.39, 0.29) is 0 Å². The topological polar surface area (TPSA) is 26.0 Å². The minimum absolute atomic E-state index is 0.536. The molecule has 0 rings (SSSR count). The Balaban J connectivity index is 2.62. The zero-order valence-corrected chi connectivity index (χ0v) is 6.54. The second kappa shape index (κ2) is 4.45. The zero-order chi connectivity index (χ0) is 4.12. The Morgan fingerprint density at radius 2 is 2.60 bits per heavy atom. The Morgan fingerprint density at radius 3 is 2.60 bits per heavy atom. The van der Waals surface area contributed by atoms with E-state index in [4.69, 9.17) is 4.48 Å². The third-order valence-corrected chi connectivity index (χ3v) is 2.37. The van der Waals surface area contributed by atoms with Crippen LogP contribution in [0.2, 0.25) is 0 Å². The molecule has 0 radical (unpaired) electrons. The summed E-state index contributed by atoms with van der Waals surface area (Å²) >= 11 is -0.536. The molecule has 2 N–H and O–H groups in total. The van der Waals surface area contributed by atoms with Gasteiger partial charge in [-0.2, -0.15) is 0 Å². The average Bonchev–Trinajstić information content (AvgIpc) is 1.41. The molecule has 1 nitrogen and oxygen atoms in total. The van der Waals surface area contributed by atoms with Crippen LogP contribution >= 0.6 is 0 Å². The second-order valence-corrected chi connectivity index (χ2v) is 3.13. The molecular weight excluding hydrogens is 115 g/mol. The van der Waals surface area contributed by atoms with Gasteiger partial charge in [-0.1, -0.05) is 0 Å². The number of hydrogen-bond acceptors (Lipinski definition) is 1. The van der Waals surface area contributed by atoms with Gasteiger partial charge in [0.25, 0.3) is 0 Å². The van der Waals surface area contributed by atoms with Gasteiger partial charge in [-0.25, -0.2) is 0 Å². The van der Waals surface area contributed by atoms with Crippen molar-refractivity contribution in [3.05, 3.63) is 0 Å². The molecule has 0 aromatic heterocycles. The quantitative estimate of drug-likeness (QED) is 0.494. The van der Waals surface area contributed by atoms with Gasteiger partial charge >= 0.3 is 39.3 Å². The first-order chi connectivity index (χ1) is 2.41. The van der Waals surface area contributed by atoms with Crippen molar-refractivity contribution in [1.29, 1.82) is 0 Å². The number of nitrogens with two attached hydrogens (primary N) is 1. The van der Waals surface area contributed by atoms with Crippen molar-refractivity contribution in [2.75, 3.05) is 0 Å². The van der Waals surface area contributed by atoms with E-state index in [9.17, 15) is 0 Å². The van der Waals surface area contributed by atoms with Gasteiger partial charge in [-0.3, -0.25) is 0 Å². The van der Waals surface area contributed by atoms with E-state index in [0.29, 0.717) is 0 Å². The molecule has 0 aliphatic rings. The molecule has 0 bridgehead atoms. The van der Waals surface area contributed by atoms with Gasteiger partial charge in [0.1, 0.15) is 0 Å². The van der Waals surface area contributed by atoms with Crippen LogP contribution in [0.1, 0.15) is 13.3 Å². The van der Waals surface area contributed by atoms with Crippen molar-refractivity contribution in [3.63, 3.8) is 0 Å². The van der Waals surface area contributed by atoms with Gasteiger partial charge in [0.15, 0.2) is 0 Å². The van der Waals surface area contributed by atoms with Crippen LogP contribution in [0.5, 0.6) is 0 Å². The summed E-state index contributed by atoms with van der Waals surface area (Å²) in [7, 11) is 0. The molecule has 0 aliphatic carbocycles. The Bertz CT molecular complexity index is 33.9. The monoisotopic (exact) mass is 122 g/mol. The van der Waals surface area contributed by atoms with Gasteiger partial charge < -0.3 is 0 Å². The second-order valence-electron chi connectivity index (χ2n) is 0.933. The summed E-state index contributed by atoms with van der Waals surface area (Å²) in [5.41, 5.74) is 0. The Kier molecular flexibility index (Phi) is 4.86. The van der Waals surface area contributed by atoms with Gasteiger partial charge in [-0.05, 0) is 0 Å². The molecule has 0 unspecified atom stereocenters. The van der Waals surface area contributed by atoms with Crippen LogP contribution < -0.4 is 4.48 Å². The molecular formula is C3H8NZn. The van der Waals surface area contributed by atoms with Crippen LogP contribution in [0.3, 0.4) is 0 Å². The molecule has 0 atom stereocenters. The van der Waals surface area contributed by atoms with Crippen molar-refractivity contribution in [2.24, 2.45) is 4.48 Å². The Labute approximate surface area is 39.9 Å². The molecule has 0 aliphatic heterocycles. The standard InChI is InChI=1S/C3H6.H2N.Zn/c1-3-2;;/h1H,3H2,2H3;1H2;/q;-1;+1. The summed E-state index contributed by atoms with van der Waals surface area (Å²) in [6, 6.07) is 0. The molecule has 0 aromatic carbocycles. The van der Waals surface area contributed by atoms with E-state index in [2.05, 4.69) is 11.5 Å². The van der Waals surface area contributed by atoms with E-state index in [1.54, 1.807) is 0 Å². The summed E-state index contributed by atoms with van der Waals surface area (Å²) < 4.78 is 7.49. The molecule has 5 heavy (non-hydrogen) atoms. The van der Waals surface area contributed by atoms with Crippen molar-refractivity contribution >= 4 is 4.61 Å². The van der Waals surface area contributed by atoms with Crippen molar-refractivity contribution in [3.8, 4) is 0 Å². The maximum absolute atomic E-state index is 5.27. The molecule has 0 saturated heterocycles. The van der Waals surface area contributed by atoms with E-state index < -0.39 is 16.9 Å². The van der Waals surface area contributed by atoms with E-state index >= 15 is 0 Å².